The van der Waals surface area contributed by atoms with Crippen LogP contribution in [0.15, 0.2) is 18.2 Å². The Bertz CT molecular complexity index is 463. The Kier molecular flexibility index (Phi) is 2.85. The number of nitrogens with one attached hydrogen (secondary N) is 1. The first-order chi connectivity index (χ1) is 9.38. The van der Waals surface area contributed by atoms with Gasteiger partial charge in [-0.05, 0) is 43.0 Å². The van der Waals surface area contributed by atoms with Gasteiger partial charge in [-0.2, -0.15) is 0 Å². The molecule has 0 aliphatic carbocycles. The predicted octanol–water partition coefficient (Wildman–Crippen LogP) is 1.60. The Morgan fingerprint density at radius 1 is 1.21 bits per heavy atom. The van der Waals surface area contributed by atoms with Crippen molar-refractivity contribution in [1.82, 2.24) is 10.2 Å². The van der Waals surface area contributed by atoms with Gasteiger partial charge < -0.3 is 14.8 Å². The number of hydrogen-bond acceptors (Lipinski definition) is 4. The molecule has 3 aliphatic rings. The van der Waals surface area contributed by atoms with Crippen LogP contribution in [0.1, 0.15) is 18.4 Å². The van der Waals surface area contributed by atoms with Crippen molar-refractivity contribution in [3.63, 3.8) is 0 Å². The maximum atomic E-state index is 5.45. The van der Waals surface area contributed by atoms with Crippen LogP contribution in [0.2, 0.25) is 0 Å². The van der Waals surface area contributed by atoms with Crippen molar-refractivity contribution >= 4 is 0 Å². The zero-order valence-corrected chi connectivity index (χ0v) is 11.1. The summed E-state index contributed by atoms with van der Waals surface area (Å²) < 4.78 is 10.8. The quantitative estimate of drug-likeness (QED) is 0.876. The van der Waals surface area contributed by atoms with E-state index in [0.29, 0.717) is 12.8 Å². The van der Waals surface area contributed by atoms with E-state index in [1.165, 1.54) is 38.0 Å². The highest BCUT2D eigenvalue weighted by Crippen LogP contribution is 2.33. The van der Waals surface area contributed by atoms with E-state index in [9.17, 15) is 0 Å². The summed E-state index contributed by atoms with van der Waals surface area (Å²) >= 11 is 0. The molecule has 0 aromatic heterocycles. The van der Waals surface area contributed by atoms with Crippen LogP contribution in [-0.2, 0) is 6.54 Å². The highest BCUT2D eigenvalue weighted by atomic mass is 16.7. The molecule has 1 aromatic carbocycles. The number of fused-ring (bicyclic) bond motifs is 2. The van der Waals surface area contributed by atoms with Crippen molar-refractivity contribution in [3.05, 3.63) is 23.8 Å². The van der Waals surface area contributed by atoms with Gasteiger partial charge in [-0.25, -0.2) is 0 Å². The van der Waals surface area contributed by atoms with E-state index < -0.39 is 0 Å². The van der Waals surface area contributed by atoms with Crippen LogP contribution in [0.5, 0.6) is 11.5 Å². The van der Waals surface area contributed by atoms with Crippen molar-refractivity contribution in [2.24, 2.45) is 5.92 Å². The fourth-order valence-electron chi connectivity index (χ4n) is 3.56. The molecule has 2 atom stereocenters. The van der Waals surface area contributed by atoms with Gasteiger partial charge in [0.25, 0.3) is 0 Å². The van der Waals surface area contributed by atoms with E-state index in [0.717, 1.165) is 24.0 Å². The van der Waals surface area contributed by atoms with Gasteiger partial charge in [0.2, 0.25) is 6.79 Å². The molecule has 2 saturated heterocycles. The molecule has 4 heteroatoms. The molecule has 2 unspecified atom stereocenters. The summed E-state index contributed by atoms with van der Waals surface area (Å²) in [5.74, 6) is 2.62. The van der Waals surface area contributed by atoms with Crippen LogP contribution in [0.3, 0.4) is 0 Å². The van der Waals surface area contributed by atoms with Gasteiger partial charge in [-0.15, -0.1) is 0 Å². The summed E-state index contributed by atoms with van der Waals surface area (Å²) in [5, 5.41) is 3.65. The lowest BCUT2D eigenvalue weighted by molar-refractivity contribution is 0.174. The van der Waals surface area contributed by atoms with Crippen LogP contribution in [-0.4, -0.2) is 37.4 Å². The maximum Gasteiger partial charge on any atom is 0.231 e. The standard InChI is InChI=1S/C15H20N2O2/c1-2-12-8-17(9-13(12)16-5-1)7-11-3-4-14-15(6-11)19-10-18-14/h3-4,6,12-13,16H,1-2,5,7-10H2. The van der Waals surface area contributed by atoms with Crippen molar-refractivity contribution in [3.8, 4) is 11.5 Å². The largest absolute Gasteiger partial charge is 0.454 e. The molecule has 4 nitrogen and oxygen atoms in total. The van der Waals surface area contributed by atoms with Gasteiger partial charge in [-0.1, -0.05) is 6.07 Å². The third-order valence-electron chi connectivity index (χ3n) is 4.52. The number of hydrogen-bond donors (Lipinski definition) is 1. The minimum absolute atomic E-state index is 0.358. The average Bonchev–Trinajstić information content (AvgIpc) is 3.03. The second-order valence-electron chi connectivity index (χ2n) is 5.84. The van der Waals surface area contributed by atoms with Crippen LogP contribution >= 0.6 is 0 Å². The summed E-state index contributed by atoms with van der Waals surface area (Å²) in [6.07, 6.45) is 2.72. The van der Waals surface area contributed by atoms with E-state index in [-0.39, 0.29) is 0 Å². The number of piperidine rings is 1. The summed E-state index contributed by atoms with van der Waals surface area (Å²) in [7, 11) is 0. The van der Waals surface area contributed by atoms with Crippen LogP contribution in [0, 0.1) is 5.92 Å². The lowest BCUT2D eigenvalue weighted by Gasteiger charge is -2.24. The van der Waals surface area contributed by atoms with Crippen LogP contribution in [0.25, 0.3) is 0 Å². The third kappa shape index (κ3) is 2.19. The summed E-state index contributed by atoms with van der Waals surface area (Å²) in [4.78, 5) is 2.56. The number of likely N-dealkylation sites (tertiary alicyclic amines) is 1. The van der Waals surface area contributed by atoms with Gasteiger partial charge in [0, 0.05) is 25.7 Å². The van der Waals surface area contributed by atoms with Gasteiger partial charge >= 0.3 is 0 Å². The molecule has 0 spiro atoms. The molecule has 0 amide bonds. The molecular formula is C15H20N2O2. The number of rotatable bonds is 2. The molecule has 3 heterocycles. The molecular weight excluding hydrogens is 240 g/mol. The molecule has 102 valence electrons. The van der Waals surface area contributed by atoms with E-state index in [4.69, 9.17) is 9.47 Å². The van der Waals surface area contributed by atoms with E-state index in [1.54, 1.807) is 0 Å². The van der Waals surface area contributed by atoms with Gasteiger partial charge in [0.15, 0.2) is 11.5 Å². The van der Waals surface area contributed by atoms with E-state index in [1.807, 2.05) is 6.07 Å². The SMILES string of the molecule is c1cc2c(cc1CN1CC3CCCNC3C1)OCO2. The maximum absolute atomic E-state index is 5.45. The van der Waals surface area contributed by atoms with Crippen molar-refractivity contribution in [1.29, 1.82) is 0 Å². The second-order valence-corrected chi connectivity index (χ2v) is 5.84. The fourth-order valence-corrected chi connectivity index (χ4v) is 3.56. The molecule has 0 radical (unpaired) electrons. The first-order valence-electron chi connectivity index (χ1n) is 7.23. The summed E-state index contributed by atoms with van der Waals surface area (Å²) in [6, 6.07) is 7.02. The Labute approximate surface area is 113 Å². The minimum atomic E-state index is 0.358. The van der Waals surface area contributed by atoms with Crippen molar-refractivity contribution in [2.75, 3.05) is 26.4 Å². The predicted molar refractivity (Wildman–Crippen MR) is 72.4 cm³/mol. The van der Waals surface area contributed by atoms with E-state index >= 15 is 0 Å². The zero-order valence-electron chi connectivity index (χ0n) is 11.1. The highest BCUT2D eigenvalue weighted by molar-refractivity contribution is 5.44. The first kappa shape index (κ1) is 11.6. The fraction of sp³-hybridized carbons (Fsp3) is 0.600. The Morgan fingerprint density at radius 2 is 2.16 bits per heavy atom. The monoisotopic (exact) mass is 260 g/mol. The van der Waals surface area contributed by atoms with Gasteiger partial charge in [0.1, 0.15) is 0 Å². The minimum Gasteiger partial charge on any atom is -0.454 e. The molecule has 4 rings (SSSR count). The van der Waals surface area contributed by atoms with Crippen LogP contribution in [0.4, 0.5) is 0 Å². The normalized spacial score (nSPS) is 29.5. The third-order valence-corrected chi connectivity index (χ3v) is 4.52. The summed E-state index contributed by atoms with van der Waals surface area (Å²) in [5.41, 5.74) is 1.32. The lowest BCUT2D eigenvalue weighted by atomic mass is 9.94. The molecule has 2 fully saturated rings. The number of ether oxygens (including phenoxy) is 2. The average molecular weight is 260 g/mol. The molecule has 19 heavy (non-hydrogen) atoms. The highest BCUT2D eigenvalue weighted by Gasteiger charge is 2.34. The van der Waals surface area contributed by atoms with E-state index in [2.05, 4.69) is 22.3 Å². The Balaban J connectivity index is 1.44. The lowest BCUT2D eigenvalue weighted by Crippen LogP contribution is -2.40. The first-order valence-corrected chi connectivity index (χ1v) is 7.23. The zero-order chi connectivity index (χ0) is 12.7. The van der Waals surface area contributed by atoms with Gasteiger partial charge in [-0.3, -0.25) is 4.90 Å². The number of nitrogens with zero attached hydrogens (tertiary/aromatic N) is 1. The number of benzene rings is 1. The summed E-state index contributed by atoms with van der Waals surface area (Å²) in [6.45, 7) is 4.98. The molecule has 0 bridgehead atoms. The Morgan fingerprint density at radius 3 is 3.11 bits per heavy atom. The topological polar surface area (TPSA) is 33.7 Å². The van der Waals surface area contributed by atoms with Crippen molar-refractivity contribution in [2.45, 2.75) is 25.4 Å². The smallest absolute Gasteiger partial charge is 0.231 e. The Hall–Kier alpha value is -1.26. The van der Waals surface area contributed by atoms with Gasteiger partial charge in [0.05, 0.1) is 0 Å². The molecule has 1 aromatic rings. The van der Waals surface area contributed by atoms with Crippen molar-refractivity contribution < 1.29 is 9.47 Å². The van der Waals surface area contributed by atoms with Crippen LogP contribution < -0.4 is 14.8 Å². The molecule has 0 saturated carbocycles. The second kappa shape index (κ2) is 4.69. The molecule has 3 aliphatic heterocycles. The molecule has 1 N–H and O–H groups in total.